The molecule has 1 heterocycles. The van der Waals surface area contributed by atoms with Crippen molar-refractivity contribution >= 4 is 17.6 Å². The van der Waals surface area contributed by atoms with Crippen LogP contribution in [0.4, 0.5) is 5.69 Å². The molecule has 1 atom stereocenters. The molecule has 0 unspecified atom stereocenters. The van der Waals surface area contributed by atoms with Crippen molar-refractivity contribution in [3.8, 4) is 0 Å². The Morgan fingerprint density at radius 2 is 1.28 bits per heavy atom. The van der Waals surface area contributed by atoms with E-state index in [0.717, 1.165) is 16.8 Å². The van der Waals surface area contributed by atoms with Crippen molar-refractivity contribution < 1.29 is 9.53 Å². The van der Waals surface area contributed by atoms with Crippen LogP contribution < -0.4 is 0 Å². The molecule has 3 aromatic rings. The molecule has 1 aliphatic rings. The minimum Gasteiger partial charge on any atom is -0.446 e. The van der Waals surface area contributed by atoms with E-state index < -0.39 is 5.60 Å². The van der Waals surface area contributed by atoms with Gasteiger partial charge in [0.2, 0.25) is 5.91 Å². The van der Waals surface area contributed by atoms with Crippen molar-refractivity contribution in [3.63, 3.8) is 0 Å². The van der Waals surface area contributed by atoms with Gasteiger partial charge in [0.1, 0.15) is 0 Å². The summed E-state index contributed by atoms with van der Waals surface area (Å²) in [5, 5.41) is 0. The maximum absolute atomic E-state index is 13.6. The van der Waals surface area contributed by atoms with Gasteiger partial charge in [-0.2, -0.15) is 4.99 Å². The van der Waals surface area contributed by atoms with Gasteiger partial charge >= 0.3 is 6.02 Å². The lowest BCUT2D eigenvalue weighted by atomic mass is 9.75. The van der Waals surface area contributed by atoms with E-state index in [-0.39, 0.29) is 23.8 Å². The van der Waals surface area contributed by atoms with Crippen molar-refractivity contribution in [1.29, 1.82) is 0 Å². The van der Waals surface area contributed by atoms with Crippen LogP contribution >= 0.6 is 0 Å². The number of carbonyl (C=O) groups is 1. The van der Waals surface area contributed by atoms with Gasteiger partial charge in [-0.25, -0.2) is 0 Å². The molecular weight excluding hydrogens is 396 g/mol. The lowest BCUT2D eigenvalue weighted by molar-refractivity contribution is -0.133. The summed E-state index contributed by atoms with van der Waals surface area (Å²) >= 11 is 0. The largest absolute Gasteiger partial charge is 0.446 e. The third kappa shape index (κ3) is 3.81. The monoisotopic (exact) mass is 426 g/mol. The highest BCUT2D eigenvalue weighted by atomic mass is 16.5. The van der Waals surface area contributed by atoms with Crippen LogP contribution in [-0.2, 0) is 15.1 Å². The zero-order valence-electron chi connectivity index (χ0n) is 19.1. The first-order chi connectivity index (χ1) is 15.4. The first-order valence-corrected chi connectivity index (χ1v) is 11.2. The molecule has 0 saturated carbocycles. The van der Waals surface area contributed by atoms with Gasteiger partial charge in [0.15, 0.2) is 5.60 Å². The molecule has 0 aliphatic carbocycles. The van der Waals surface area contributed by atoms with E-state index >= 15 is 0 Å². The van der Waals surface area contributed by atoms with E-state index in [2.05, 4.69) is 38.1 Å². The highest BCUT2D eigenvalue weighted by molar-refractivity contribution is 5.98. The van der Waals surface area contributed by atoms with Crippen LogP contribution in [0.2, 0.25) is 0 Å². The van der Waals surface area contributed by atoms with Crippen molar-refractivity contribution in [3.05, 3.63) is 102 Å². The SMILES string of the molecule is CC(C)C(=O)N1C(=Nc2ccccc2)OC(c2ccccc2)(c2ccccc2)[C@@H]1C(C)C. The number of rotatable bonds is 5. The Bertz CT molecular complexity index is 1040. The van der Waals surface area contributed by atoms with Crippen molar-refractivity contribution in [2.75, 3.05) is 0 Å². The van der Waals surface area contributed by atoms with Gasteiger partial charge in [0.05, 0.1) is 11.7 Å². The molecule has 164 valence electrons. The third-order valence-corrected chi connectivity index (χ3v) is 5.90. The quantitative estimate of drug-likeness (QED) is 0.490. The number of benzene rings is 3. The number of ether oxygens (including phenoxy) is 1. The summed E-state index contributed by atoms with van der Waals surface area (Å²) in [5.74, 6) is -0.0723. The minimum absolute atomic E-state index is 0.00659. The first kappa shape index (κ1) is 21.8. The van der Waals surface area contributed by atoms with Gasteiger partial charge in [-0.1, -0.05) is 107 Å². The molecule has 4 nitrogen and oxygen atoms in total. The lowest BCUT2D eigenvalue weighted by Gasteiger charge is -2.38. The molecule has 1 saturated heterocycles. The molecule has 0 spiro atoms. The zero-order valence-corrected chi connectivity index (χ0v) is 19.1. The Morgan fingerprint density at radius 1 is 0.812 bits per heavy atom. The number of amides is 1. The Morgan fingerprint density at radius 3 is 1.72 bits per heavy atom. The number of amidine groups is 1. The molecule has 1 amide bonds. The summed E-state index contributed by atoms with van der Waals surface area (Å²) in [4.78, 5) is 20.2. The molecule has 1 fully saturated rings. The highest BCUT2D eigenvalue weighted by Crippen LogP contribution is 2.48. The van der Waals surface area contributed by atoms with Crippen LogP contribution in [0.5, 0.6) is 0 Å². The highest BCUT2D eigenvalue weighted by Gasteiger charge is 2.58. The molecule has 4 rings (SSSR count). The van der Waals surface area contributed by atoms with E-state index in [0.29, 0.717) is 6.02 Å². The smallest absolute Gasteiger partial charge is 0.301 e. The van der Waals surface area contributed by atoms with E-state index in [1.807, 2.05) is 80.6 Å². The summed E-state index contributed by atoms with van der Waals surface area (Å²) in [5.41, 5.74) is 1.90. The number of nitrogens with zero attached hydrogens (tertiary/aromatic N) is 2. The normalized spacial score (nSPS) is 18.9. The fourth-order valence-electron chi connectivity index (χ4n) is 4.52. The van der Waals surface area contributed by atoms with Crippen LogP contribution in [0.15, 0.2) is 96.0 Å². The molecule has 0 N–H and O–H groups in total. The van der Waals surface area contributed by atoms with Gasteiger partial charge in [-0.15, -0.1) is 0 Å². The van der Waals surface area contributed by atoms with E-state index in [1.165, 1.54) is 0 Å². The fourth-order valence-corrected chi connectivity index (χ4v) is 4.52. The van der Waals surface area contributed by atoms with E-state index in [4.69, 9.17) is 9.73 Å². The summed E-state index contributed by atoms with van der Waals surface area (Å²) in [7, 11) is 0. The predicted molar refractivity (Wildman–Crippen MR) is 129 cm³/mol. The molecule has 1 aliphatic heterocycles. The number of hydrogen-bond acceptors (Lipinski definition) is 3. The van der Waals surface area contributed by atoms with Crippen LogP contribution in [0, 0.1) is 11.8 Å². The summed E-state index contributed by atoms with van der Waals surface area (Å²) in [6.45, 7) is 8.12. The average molecular weight is 427 g/mol. The first-order valence-electron chi connectivity index (χ1n) is 11.2. The van der Waals surface area contributed by atoms with Gasteiger partial charge in [0, 0.05) is 17.0 Å². The Kier molecular flexibility index (Phi) is 6.13. The Hall–Kier alpha value is -3.40. The molecule has 4 heteroatoms. The van der Waals surface area contributed by atoms with Crippen LogP contribution in [0.25, 0.3) is 0 Å². The number of hydrogen-bond donors (Lipinski definition) is 0. The molecule has 32 heavy (non-hydrogen) atoms. The Labute approximate surface area is 190 Å². The van der Waals surface area contributed by atoms with Gasteiger partial charge in [-0.05, 0) is 18.1 Å². The second-order valence-corrected chi connectivity index (χ2v) is 8.85. The summed E-state index contributed by atoms with van der Waals surface area (Å²) in [6, 6.07) is 30.1. The minimum atomic E-state index is -0.866. The van der Waals surface area contributed by atoms with Gasteiger partial charge in [-0.3, -0.25) is 9.69 Å². The molecule has 3 aromatic carbocycles. The third-order valence-electron chi connectivity index (χ3n) is 5.90. The van der Waals surface area contributed by atoms with Crippen LogP contribution in [0.1, 0.15) is 38.8 Å². The second-order valence-electron chi connectivity index (χ2n) is 8.85. The number of aliphatic imine (C=N–C) groups is 1. The van der Waals surface area contributed by atoms with E-state index in [1.54, 1.807) is 4.90 Å². The standard InChI is InChI=1S/C28H30N2O2/c1-20(2)25-28(22-14-8-5-9-15-22,23-16-10-6-11-17-23)32-27(30(25)26(31)21(3)4)29-24-18-12-7-13-19-24/h5-21,25H,1-4H3/t25-/m0/s1. The fraction of sp³-hybridized carbons (Fsp3) is 0.286. The molecular formula is C28H30N2O2. The zero-order chi connectivity index (χ0) is 22.7. The Balaban J connectivity index is 2.00. The van der Waals surface area contributed by atoms with E-state index in [9.17, 15) is 4.79 Å². The van der Waals surface area contributed by atoms with Gasteiger partial charge < -0.3 is 4.74 Å². The average Bonchev–Trinajstić information content (AvgIpc) is 3.16. The second kappa shape index (κ2) is 8.99. The van der Waals surface area contributed by atoms with Crippen LogP contribution in [-0.4, -0.2) is 22.9 Å². The molecule has 0 radical (unpaired) electrons. The predicted octanol–water partition coefficient (Wildman–Crippen LogP) is 6.16. The maximum atomic E-state index is 13.6. The summed E-state index contributed by atoms with van der Waals surface area (Å²) < 4.78 is 6.84. The topological polar surface area (TPSA) is 41.9 Å². The van der Waals surface area contributed by atoms with Crippen LogP contribution in [0.3, 0.4) is 0 Å². The summed E-state index contributed by atoms with van der Waals surface area (Å²) in [6.07, 6.45) is 0. The molecule has 0 bridgehead atoms. The molecule has 0 aromatic heterocycles. The van der Waals surface area contributed by atoms with Crippen molar-refractivity contribution in [2.45, 2.75) is 39.3 Å². The van der Waals surface area contributed by atoms with Crippen molar-refractivity contribution in [2.24, 2.45) is 16.8 Å². The van der Waals surface area contributed by atoms with Crippen molar-refractivity contribution in [1.82, 2.24) is 4.90 Å². The maximum Gasteiger partial charge on any atom is 0.301 e. The number of para-hydroxylation sites is 1. The lowest BCUT2D eigenvalue weighted by Crippen LogP contribution is -2.50. The number of carbonyl (C=O) groups excluding carboxylic acids is 1. The van der Waals surface area contributed by atoms with Gasteiger partial charge in [0.25, 0.3) is 0 Å².